The molecule has 0 spiro atoms. The van der Waals surface area contributed by atoms with Gasteiger partial charge < -0.3 is 10.4 Å². The third-order valence-electron chi connectivity index (χ3n) is 2.50. The van der Waals surface area contributed by atoms with Crippen LogP contribution in [0.15, 0.2) is 30.3 Å². The average molecular weight is 279 g/mol. The molecule has 0 fully saturated rings. The van der Waals surface area contributed by atoms with Gasteiger partial charge in [0.15, 0.2) is 0 Å². The van der Waals surface area contributed by atoms with Crippen molar-refractivity contribution in [3.05, 3.63) is 41.5 Å². The van der Waals surface area contributed by atoms with Gasteiger partial charge in [-0.15, -0.1) is 0 Å². The van der Waals surface area contributed by atoms with Crippen LogP contribution in [0.2, 0.25) is 0 Å². The topological polar surface area (TPSA) is 49.3 Å². The number of rotatable bonds is 8. The first-order valence-corrected chi connectivity index (χ1v) is 7.59. The number of aliphatic hydroxyl groups is 1. The van der Waals surface area contributed by atoms with E-state index in [1.807, 2.05) is 37.3 Å². The minimum absolute atomic E-state index is 0.0664. The third-order valence-corrected chi connectivity index (χ3v) is 3.57. The molecule has 0 heterocycles. The smallest absolute Gasteiger partial charge is 0.244 e. The zero-order valence-corrected chi connectivity index (χ0v) is 12.1. The number of amides is 1. The van der Waals surface area contributed by atoms with Crippen LogP contribution in [0.1, 0.15) is 17.5 Å². The maximum absolute atomic E-state index is 11.5. The number of aliphatic hydroxyl groups excluding tert-OH is 1. The maximum Gasteiger partial charge on any atom is 0.244 e. The SMILES string of the molecule is Cc1ccc(/C=C/C(=O)NCCSCCCO)cc1. The van der Waals surface area contributed by atoms with Crippen LogP contribution in [0.3, 0.4) is 0 Å². The first-order valence-electron chi connectivity index (χ1n) is 6.43. The minimum Gasteiger partial charge on any atom is -0.396 e. The monoisotopic (exact) mass is 279 g/mol. The summed E-state index contributed by atoms with van der Waals surface area (Å²) in [5.41, 5.74) is 2.24. The molecule has 2 N–H and O–H groups in total. The van der Waals surface area contributed by atoms with Crippen LogP contribution in [0.5, 0.6) is 0 Å². The van der Waals surface area contributed by atoms with E-state index in [0.29, 0.717) is 6.54 Å². The van der Waals surface area contributed by atoms with Crippen molar-refractivity contribution in [2.24, 2.45) is 0 Å². The number of nitrogens with one attached hydrogen (secondary N) is 1. The molecule has 1 rings (SSSR count). The summed E-state index contributed by atoms with van der Waals surface area (Å²) >= 11 is 1.74. The third kappa shape index (κ3) is 7.70. The molecule has 3 nitrogen and oxygen atoms in total. The quantitative estimate of drug-likeness (QED) is 0.567. The van der Waals surface area contributed by atoms with Crippen LogP contribution in [-0.4, -0.2) is 35.7 Å². The van der Waals surface area contributed by atoms with Crippen molar-refractivity contribution < 1.29 is 9.90 Å². The van der Waals surface area contributed by atoms with Gasteiger partial charge in [0.1, 0.15) is 0 Å². The van der Waals surface area contributed by atoms with Gasteiger partial charge in [-0.2, -0.15) is 11.8 Å². The summed E-state index contributed by atoms with van der Waals surface area (Å²) in [7, 11) is 0. The van der Waals surface area contributed by atoms with Gasteiger partial charge in [0.2, 0.25) is 5.91 Å². The van der Waals surface area contributed by atoms with E-state index in [2.05, 4.69) is 5.32 Å². The van der Waals surface area contributed by atoms with Crippen LogP contribution in [-0.2, 0) is 4.79 Å². The molecule has 0 aromatic heterocycles. The van der Waals surface area contributed by atoms with Crippen molar-refractivity contribution >= 4 is 23.7 Å². The lowest BCUT2D eigenvalue weighted by Gasteiger charge is -2.02. The second kappa shape index (κ2) is 9.64. The van der Waals surface area contributed by atoms with E-state index in [1.165, 1.54) is 5.56 Å². The van der Waals surface area contributed by atoms with E-state index in [1.54, 1.807) is 17.8 Å². The summed E-state index contributed by atoms with van der Waals surface area (Å²) < 4.78 is 0. The highest BCUT2D eigenvalue weighted by atomic mass is 32.2. The normalized spacial score (nSPS) is 10.8. The van der Waals surface area contributed by atoms with E-state index >= 15 is 0 Å². The van der Waals surface area contributed by atoms with Gasteiger partial charge in [-0.1, -0.05) is 29.8 Å². The molecule has 1 aromatic carbocycles. The van der Waals surface area contributed by atoms with Gasteiger partial charge in [-0.05, 0) is 30.7 Å². The van der Waals surface area contributed by atoms with Crippen molar-refractivity contribution in [3.8, 4) is 0 Å². The second-order valence-electron chi connectivity index (χ2n) is 4.22. The predicted molar refractivity (Wildman–Crippen MR) is 82.3 cm³/mol. The highest BCUT2D eigenvalue weighted by Gasteiger charge is 1.95. The fraction of sp³-hybridized carbons (Fsp3) is 0.400. The number of thioether (sulfide) groups is 1. The van der Waals surface area contributed by atoms with E-state index in [0.717, 1.165) is 23.5 Å². The summed E-state index contributed by atoms with van der Waals surface area (Å²) in [6.45, 7) is 2.93. The summed E-state index contributed by atoms with van der Waals surface area (Å²) in [6.07, 6.45) is 4.18. The van der Waals surface area contributed by atoms with Crippen molar-refractivity contribution in [1.82, 2.24) is 5.32 Å². The fourth-order valence-electron chi connectivity index (χ4n) is 1.42. The van der Waals surface area contributed by atoms with Crippen molar-refractivity contribution in [1.29, 1.82) is 0 Å². The Kier molecular flexibility index (Phi) is 8.02. The van der Waals surface area contributed by atoms with Gasteiger partial charge in [-0.3, -0.25) is 4.79 Å². The molecule has 0 bridgehead atoms. The number of carbonyl (C=O) groups is 1. The predicted octanol–water partition coefficient (Wildman–Crippen LogP) is 2.24. The molecule has 1 amide bonds. The Morgan fingerprint density at radius 1 is 1.32 bits per heavy atom. The van der Waals surface area contributed by atoms with Crippen molar-refractivity contribution in [2.45, 2.75) is 13.3 Å². The molecular weight excluding hydrogens is 258 g/mol. The number of carbonyl (C=O) groups excluding carboxylic acids is 1. The lowest BCUT2D eigenvalue weighted by molar-refractivity contribution is -0.116. The van der Waals surface area contributed by atoms with E-state index in [4.69, 9.17) is 5.11 Å². The summed E-state index contributed by atoms with van der Waals surface area (Å²) in [6, 6.07) is 8.03. The largest absolute Gasteiger partial charge is 0.396 e. The molecular formula is C15H21NO2S. The van der Waals surface area contributed by atoms with Gasteiger partial charge >= 0.3 is 0 Å². The van der Waals surface area contributed by atoms with Crippen LogP contribution in [0.4, 0.5) is 0 Å². The van der Waals surface area contributed by atoms with E-state index < -0.39 is 0 Å². The zero-order chi connectivity index (χ0) is 13.9. The van der Waals surface area contributed by atoms with Gasteiger partial charge in [0, 0.05) is 25.0 Å². The van der Waals surface area contributed by atoms with Crippen molar-refractivity contribution in [2.75, 3.05) is 24.7 Å². The molecule has 0 aliphatic carbocycles. The molecule has 0 aliphatic rings. The van der Waals surface area contributed by atoms with Crippen LogP contribution >= 0.6 is 11.8 Å². The van der Waals surface area contributed by atoms with Crippen LogP contribution in [0.25, 0.3) is 6.08 Å². The fourth-order valence-corrected chi connectivity index (χ4v) is 2.21. The lowest BCUT2D eigenvalue weighted by atomic mass is 10.1. The number of hydrogen-bond acceptors (Lipinski definition) is 3. The van der Waals surface area contributed by atoms with Gasteiger partial charge in [0.05, 0.1) is 0 Å². The highest BCUT2D eigenvalue weighted by Crippen LogP contribution is 2.04. The Morgan fingerprint density at radius 2 is 2.05 bits per heavy atom. The molecule has 0 unspecified atom stereocenters. The van der Waals surface area contributed by atoms with Crippen LogP contribution < -0.4 is 5.32 Å². The summed E-state index contributed by atoms with van der Waals surface area (Å²) in [4.78, 5) is 11.5. The standard InChI is InChI=1S/C15H21NO2S/c1-13-3-5-14(6-4-13)7-8-15(18)16-9-12-19-11-2-10-17/h3-8,17H,2,9-12H2,1H3,(H,16,18)/b8-7+. The Labute approximate surface area is 119 Å². The molecule has 4 heteroatoms. The van der Waals surface area contributed by atoms with E-state index in [-0.39, 0.29) is 12.5 Å². The van der Waals surface area contributed by atoms with Gasteiger partial charge in [-0.25, -0.2) is 0 Å². The van der Waals surface area contributed by atoms with Gasteiger partial charge in [0.25, 0.3) is 0 Å². The summed E-state index contributed by atoms with van der Waals surface area (Å²) in [5.74, 6) is 1.75. The molecule has 0 saturated carbocycles. The summed E-state index contributed by atoms with van der Waals surface area (Å²) in [5, 5.41) is 11.4. The molecule has 0 saturated heterocycles. The number of hydrogen-bond donors (Lipinski definition) is 2. The molecule has 0 radical (unpaired) electrons. The van der Waals surface area contributed by atoms with Crippen LogP contribution in [0, 0.1) is 6.92 Å². The molecule has 104 valence electrons. The van der Waals surface area contributed by atoms with E-state index in [9.17, 15) is 4.79 Å². The lowest BCUT2D eigenvalue weighted by Crippen LogP contribution is -2.23. The van der Waals surface area contributed by atoms with Crippen molar-refractivity contribution in [3.63, 3.8) is 0 Å². The molecule has 0 aliphatic heterocycles. The minimum atomic E-state index is -0.0664. The molecule has 19 heavy (non-hydrogen) atoms. The first kappa shape index (κ1) is 15.8. The Hall–Kier alpha value is -1.26. The second-order valence-corrected chi connectivity index (χ2v) is 5.45. The number of benzene rings is 1. The number of aryl methyl sites for hydroxylation is 1. The average Bonchev–Trinajstić information content (AvgIpc) is 2.42. The highest BCUT2D eigenvalue weighted by molar-refractivity contribution is 7.99. The molecule has 0 atom stereocenters. The molecule has 1 aromatic rings. The Bertz CT molecular complexity index is 401. The Balaban J connectivity index is 2.18. The first-order chi connectivity index (χ1) is 9.22. The maximum atomic E-state index is 11.5. The zero-order valence-electron chi connectivity index (χ0n) is 11.3. The Morgan fingerprint density at radius 3 is 2.74 bits per heavy atom.